The van der Waals surface area contributed by atoms with Crippen LogP contribution in [-0.2, 0) is 7.05 Å². The van der Waals surface area contributed by atoms with Gasteiger partial charge in [-0.3, -0.25) is 4.79 Å². The number of halogens is 1. The molecule has 2 N–H and O–H groups in total. The lowest BCUT2D eigenvalue weighted by Gasteiger charge is -2.11. The monoisotopic (exact) mass is 294 g/mol. The topological polar surface area (TPSA) is 71.3 Å². The number of aromatic carboxylic acids is 1. The first-order valence-corrected chi connectivity index (χ1v) is 6.02. The molecule has 0 aliphatic rings. The summed E-state index contributed by atoms with van der Waals surface area (Å²) < 4.78 is 14.8. The zero-order chi connectivity index (χ0) is 14.9. The molecule has 1 aromatic heterocycles. The Balaban J connectivity index is 2.50. The summed E-state index contributed by atoms with van der Waals surface area (Å²) in [7, 11) is 1.44. The minimum atomic E-state index is -1.21. The maximum atomic E-state index is 13.7. The molecule has 0 aliphatic heterocycles. The second kappa shape index (κ2) is 5.38. The van der Waals surface area contributed by atoms with Gasteiger partial charge in [0.1, 0.15) is 5.82 Å². The van der Waals surface area contributed by atoms with E-state index in [1.165, 1.54) is 25.4 Å². The highest BCUT2D eigenvalue weighted by Crippen LogP contribution is 2.23. The lowest BCUT2D eigenvalue weighted by Crippen LogP contribution is -2.19. The number of hydrogen-bond acceptors (Lipinski definition) is 4. The van der Waals surface area contributed by atoms with Crippen LogP contribution < -0.4 is 10.9 Å². The third-order valence-electron chi connectivity index (χ3n) is 2.68. The third kappa shape index (κ3) is 2.83. The van der Waals surface area contributed by atoms with Gasteiger partial charge in [0.15, 0.2) is 0 Å². The molecule has 0 aliphatic carbocycles. The van der Waals surface area contributed by atoms with Gasteiger partial charge < -0.3 is 15.0 Å². The molecular formula is C13H11FN2O3S. The van der Waals surface area contributed by atoms with E-state index >= 15 is 0 Å². The maximum absolute atomic E-state index is 13.7. The van der Waals surface area contributed by atoms with Crippen molar-refractivity contribution >= 4 is 30.0 Å². The molecule has 1 heterocycles. The van der Waals surface area contributed by atoms with Crippen LogP contribution in [0.15, 0.2) is 40.2 Å². The number of thiol groups is 1. The van der Waals surface area contributed by atoms with Crippen molar-refractivity contribution in [2.75, 3.05) is 5.32 Å². The number of nitrogens with zero attached hydrogens (tertiary/aromatic N) is 1. The summed E-state index contributed by atoms with van der Waals surface area (Å²) in [5.74, 6) is -1.80. The van der Waals surface area contributed by atoms with Crippen molar-refractivity contribution in [3.8, 4) is 0 Å². The number of nitrogens with one attached hydrogen (secondary N) is 1. The van der Waals surface area contributed by atoms with E-state index < -0.39 is 17.3 Å². The Hall–Kier alpha value is -2.28. The van der Waals surface area contributed by atoms with E-state index in [9.17, 15) is 14.0 Å². The Kier molecular flexibility index (Phi) is 3.80. The van der Waals surface area contributed by atoms with E-state index in [-0.39, 0.29) is 16.9 Å². The number of rotatable bonds is 3. The first kappa shape index (κ1) is 14.1. The fourth-order valence-corrected chi connectivity index (χ4v) is 1.84. The summed E-state index contributed by atoms with van der Waals surface area (Å²) >= 11 is 4.00. The predicted molar refractivity (Wildman–Crippen MR) is 75.6 cm³/mol. The van der Waals surface area contributed by atoms with Gasteiger partial charge in [-0.1, -0.05) is 0 Å². The van der Waals surface area contributed by atoms with Gasteiger partial charge in [-0.2, -0.15) is 0 Å². The highest BCUT2D eigenvalue weighted by molar-refractivity contribution is 7.80. The van der Waals surface area contributed by atoms with Gasteiger partial charge in [-0.25, -0.2) is 9.18 Å². The van der Waals surface area contributed by atoms with Crippen LogP contribution in [0.4, 0.5) is 15.8 Å². The second-order valence-electron chi connectivity index (χ2n) is 4.14. The highest BCUT2D eigenvalue weighted by atomic mass is 32.1. The molecule has 7 heteroatoms. The molecule has 0 spiro atoms. The molecule has 0 radical (unpaired) electrons. The van der Waals surface area contributed by atoms with Crippen molar-refractivity contribution in [3.05, 3.63) is 52.2 Å². The van der Waals surface area contributed by atoms with Crippen molar-refractivity contribution in [1.82, 2.24) is 4.57 Å². The van der Waals surface area contributed by atoms with E-state index in [1.54, 1.807) is 6.07 Å². The molecule has 20 heavy (non-hydrogen) atoms. The summed E-state index contributed by atoms with van der Waals surface area (Å²) in [5.41, 5.74) is -0.421. The molecule has 0 saturated carbocycles. The fraction of sp³-hybridized carbons (Fsp3) is 0.0769. The zero-order valence-electron chi connectivity index (χ0n) is 10.4. The van der Waals surface area contributed by atoms with Crippen LogP contribution >= 0.6 is 12.6 Å². The summed E-state index contributed by atoms with van der Waals surface area (Å²) in [6.07, 6.45) is 1.18. The van der Waals surface area contributed by atoms with Gasteiger partial charge in [0.25, 0.3) is 5.56 Å². The quantitative estimate of drug-likeness (QED) is 0.759. The molecule has 0 bridgehead atoms. The number of carbonyl (C=O) groups is 1. The maximum Gasteiger partial charge on any atom is 0.339 e. The van der Waals surface area contributed by atoms with Crippen molar-refractivity contribution in [2.24, 2.45) is 7.05 Å². The average Bonchev–Trinajstić information content (AvgIpc) is 2.36. The molecule has 2 aromatic rings. The Labute approximate surface area is 119 Å². The Bertz CT molecular complexity index is 743. The molecule has 0 unspecified atom stereocenters. The van der Waals surface area contributed by atoms with Gasteiger partial charge in [0.2, 0.25) is 0 Å². The molecule has 1 aromatic carbocycles. The number of carboxylic acids is 1. The molecular weight excluding hydrogens is 283 g/mol. The lowest BCUT2D eigenvalue weighted by molar-refractivity contribution is 0.0697. The smallest absolute Gasteiger partial charge is 0.339 e. The zero-order valence-corrected chi connectivity index (χ0v) is 11.3. The van der Waals surface area contributed by atoms with Crippen LogP contribution in [0.25, 0.3) is 0 Å². The number of hydrogen-bond donors (Lipinski definition) is 3. The van der Waals surface area contributed by atoms with Crippen LogP contribution in [0.3, 0.4) is 0 Å². The van der Waals surface area contributed by atoms with Crippen LogP contribution in [0.1, 0.15) is 10.4 Å². The Morgan fingerprint density at radius 1 is 1.35 bits per heavy atom. The van der Waals surface area contributed by atoms with Gasteiger partial charge in [-0.15, -0.1) is 12.6 Å². The number of pyridine rings is 1. The molecule has 0 saturated heterocycles. The molecule has 104 valence electrons. The summed E-state index contributed by atoms with van der Waals surface area (Å²) in [6.45, 7) is 0. The van der Waals surface area contributed by atoms with Crippen molar-refractivity contribution in [3.63, 3.8) is 0 Å². The standard InChI is InChI=1S/C13H11FN2O3S/c1-16-6-8(13(18)19)11(5-12(16)17)15-10-3-2-7(20)4-9(10)14/h2-6,15,20H,1H3,(H,18,19). The van der Waals surface area contributed by atoms with E-state index in [4.69, 9.17) is 5.11 Å². The van der Waals surface area contributed by atoms with Crippen LogP contribution in [0, 0.1) is 5.82 Å². The Morgan fingerprint density at radius 3 is 2.65 bits per heavy atom. The van der Waals surface area contributed by atoms with E-state index in [1.807, 2.05) is 0 Å². The Morgan fingerprint density at radius 2 is 2.05 bits per heavy atom. The minimum Gasteiger partial charge on any atom is -0.478 e. The van der Waals surface area contributed by atoms with E-state index in [0.717, 1.165) is 10.6 Å². The normalized spacial score (nSPS) is 10.3. The summed E-state index contributed by atoms with van der Waals surface area (Å²) in [4.78, 5) is 23.2. The SMILES string of the molecule is Cn1cc(C(=O)O)c(Nc2ccc(S)cc2F)cc1=O. The van der Waals surface area contributed by atoms with Gasteiger partial charge in [0.05, 0.1) is 16.9 Å². The number of anilines is 2. The first-order valence-electron chi connectivity index (χ1n) is 5.58. The second-order valence-corrected chi connectivity index (χ2v) is 4.66. The van der Waals surface area contributed by atoms with E-state index in [2.05, 4.69) is 17.9 Å². The molecule has 0 amide bonds. The van der Waals surface area contributed by atoms with Gasteiger partial charge in [0, 0.05) is 24.2 Å². The highest BCUT2D eigenvalue weighted by Gasteiger charge is 2.14. The van der Waals surface area contributed by atoms with Crippen LogP contribution in [0.2, 0.25) is 0 Å². The minimum absolute atomic E-state index is 0.0337. The molecule has 2 rings (SSSR count). The number of aryl methyl sites for hydroxylation is 1. The van der Waals surface area contributed by atoms with Crippen molar-refractivity contribution < 1.29 is 14.3 Å². The first-order chi connectivity index (χ1) is 9.38. The van der Waals surface area contributed by atoms with Crippen molar-refractivity contribution in [2.45, 2.75) is 4.90 Å². The fourth-order valence-electron chi connectivity index (χ4n) is 1.65. The molecule has 5 nitrogen and oxygen atoms in total. The summed E-state index contributed by atoms with van der Waals surface area (Å²) in [6, 6.07) is 5.27. The third-order valence-corrected chi connectivity index (χ3v) is 2.96. The largest absolute Gasteiger partial charge is 0.478 e. The van der Waals surface area contributed by atoms with E-state index in [0.29, 0.717) is 4.90 Å². The molecule has 0 atom stereocenters. The van der Waals surface area contributed by atoms with Crippen molar-refractivity contribution in [1.29, 1.82) is 0 Å². The van der Waals surface area contributed by atoms with Crippen LogP contribution in [-0.4, -0.2) is 15.6 Å². The molecule has 0 fully saturated rings. The van der Waals surface area contributed by atoms with Gasteiger partial charge in [-0.05, 0) is 18.2 Å². The number of carboxylic acid groups (broad SMARTS) is 1. The van der Waals surface area contributed by atoms with Gasteiger partial charge >= 0.3 is 5.97 Å². The summed E-state index contributed by atoms with van der Waals surface area (Å²) in [5, 5.41) is 11.7. The average molecular weight is 294 g/mol. The number of aromatic nitrogens is 1. The lowest BCUT2D eigenvalue weighted by atomic mass is 10.2. The predicted octanol–water partition coefficient (Wildman–Crippen LogP) is 2.25. The van der Waals surface area contributed by atoms with Crippen LogP contribution in [0.5, 0.6) is 0 Å². The number of benzene rings is 1.